The third kappa shape index (κ3) is 6.65. The molecule has 0 saturated carbocycles. The van der Waals surface area contributed by atoms with Crippen molar-refractivity contribution in [1.29, 1.82) is 0 Å². The first kappa shape index (κ1) is 23.0. The predicted molar refractivity (Wildman–Crippen MR) is 131 cm³/mol. The lowest BCUT2D eigenvalue weighted by molar-refractivity contribution is 0.647. The molecule has 6 nitrogen and oxygen atoms in total. The lowest BCUT2D eigenvalue weighted by atomic mass is 10.2. The van der Waals surface area contributed by atoms with Crippen molar-refractivity contribution in [3.8, 4) is 0 Å². The van der Waals surface area contributed by atoms with Crippen LogP contribution in [0.1, 0.15) is 25.3 Å². The van der Waals surface area contributed by atoms with Crippen molar-refractivity contribution in [3.63, 3.8) is 0 Å². The normalized spacial score (nSPS) is 16.8. The standard InChI is InChI=1S/C20H29BrN6.HI/c1-3-22-20(23-11-6-7-16-13-24-26(2)14-16)25-17-10-12-27(15-17)19-9-5-4-8-18(19)21;/h4-5,8-9,13-14,17H,3,6-7,10-12,15H2,1-2H3,(H2,22,23,25);1H. The van der Waals surface area contributed by atoms with Gasteiger partial charge in [-0.2, -0.15) is 5.10 Å². The number of aryl methyl sites for hydroxylation is 2. The highest BCUT2D eigenvalue weighted by atomic mass is 127. The minimum Gasteiger partial charge on any atom is -0.368 e. The first-order chi connectivity index (χ1) is 13.2. The molecule has 1 aliphatic heterocycles. The Morgan fingerprint density at radius 2 is 2.18 bits per heavy atom. The summed E-state index contributed by atoms with van der Waals surface area (Å²) in [5, 5.41) is 11.2. The second-order valence-electron chi connectivity index (χ2n) is 6.91. The molecular formula is C20H30BrIN6. The molecule has 0 spiro atoms. The van der Waals surface area contributed by atoms with E-state index in [-0.39, 0.29) is 24.0 Å². The van der Waals surface area contributed by atoms with Crippen LogP contribution in [-0.2, 0) is 13.5 Å². The molecule has 2 aromatic rings. The number of benzene rings is 1. The monoisotopic (exact) mass is 560 g/mol. The number of hydrogen-bond donors (Lipinski definition) is 2. The summed E-state index contributed by atoms with van der Waals surface area (Å²) >= 11 is 3.66. The summed E-state index contributed by atoms with van der Waals surface area (Å²) in [6, 6.07) is 8.83. The third-order valence-electron chi connectivity index (χ3n) is 4.72. The van der Waals surface area contributed by atoms with Crippen molar-refractivity contribution < 1.29 is 0 Å². The van der Waals surface area contributed by atoms with Gasteiger partial charge < -0.3 is 15.5 Å². The summed E-state index contributed by atoms with van der Waals surface area (Å²) in [7, 11) is 1.95. The smallest absolute Gasteiger partial charge is 0.191 e. The highest BCUT2D eigenvalue weighted by molar-refractivity contribution is 14.0. The molecule has 0 amide bonds. The summed E-state index contributed by atoms with van der Waals surface area (Å²) < 4.78 is 3.00. The summed E-state index contributed by atoms with van der Waals surface area (Å²) in [4.78, 5) is 7.18. The molecule has 1 aromatic heterocycles. The maximum atomic E-state index is 4.75. The molecule has 1 saturated heterocycles. The molecule has 2 heterocycles. The maximum Gasteiger partial charge on any atom is 0.191 e. The first-order valence-electron chi connectivity index (χ1n) is 9.67. The van der Waals surface area contributed by atoms with E-state index >= 15 is 0 Å². The van der Waals surface area contributed by atoms with Gasteiger partial charge in [0.1, 0.15) is 0 Å². The van der Waals surface area contributed by atoms with Crippen LogP contribution in [0.4, 0.5) is 5.69 Å². The lowest BCUT2D eigenvalue weighted by Gasteiger charge is -2.21. The van der Waals surface area contributed by atoms with Crippen LogP contribution in [0.2, 0.25) is 0 Å². The highest BCUT2D eigenvalue weighted by Gasteiger charge is 2.24. The molecule has 3 rings (SSSR count). The van der Waals surface area contributed by atoms with E-state index in [1.165, 1.54) is 11.3 Å². The molecule has 0 radical (unpaired) electrons. The Hall–Kier alpha value is -1.29. The molecule has 2 N–H and O–H groups in total. The summed E-state index contributed by atoms with van der Waals surface area (Å²) in [6.07, 6.45) is 7.15. The van der Waals surface area contributed by atoms with Gasteiger partial charge in [0.05, 0.1) is 11.9 Å². The highest BCUT2D eigenvalue weighted by Crippen LogP contribution is 2.28. The van der Waals surface area contributed by atoms with Crippen LogP contribution in [0, 0.1) is 0 Å². The number of anilines is 1. The van der Waals surface area contributed by atoms with Crippen LogP contribution in [0.15, 0.2) is 46.1 Å². The number of hydrogen-bond acceptors (Lipinski definition) is 3. The summed E-state index contributed by atoms with van der Waals surface area (Å²) in [6.45, 7) is 5.83. The Labute approximate surface area is 193 Å². The Bertz CT molecular complexity index is 763. The first-order valence-corrected chi connectivity index (χ1v) is 10.5. The zero-order chi connectivity index (χ0) is 19.1. The number of nitrogens with one attached hydrogen (secondary N) is 2. The van der Waals surface area contributed by atoms with Crippen LogP contribution in [-0.4, -0.2) is 48.0 Å². The molecule has 1 atom stereocenters. The van der Waals surface area contributed by atoms with Crippen molar-refractivity contribution in [2.24, 2.45) is 12.0 Å². The van der Waals surface area contributed by atoms with Crippen LogP contribution in [0.25, 0.3) is 0 Å². The summed E-state index contributed by atoms with van der Waals surface area (Å²) in [5.41, 5.74) is 2.53. The molecule has 1 aliphatic rings. The van der Waals surface area contributed by atoms with Crippen molar-refractivity contribution in [1.82, 2.24) is 20.4 Å². The molecule has 1 aromatic carbocycles. The summed E-state index contributed by atoms with van der Waals surface area (Å²) in [5.74, 6) is 0.919. The van der Waals surface area contributed by atoms with Crippen LogP contribution in [0.5, 0.6) is 0 Å². The minimum atomic E-state index is 0. The van der Waals surface area contributed by atoms with Gasteiger partial charge in [-0.15, -0.1) is 24.0 Å². The molecular weight excluding hydrogens is 531 g/mol. The lowest BCUT2D eigenvalue weighted by Crippen LogP contribution is -2.44. The minimum absolute atomic E-state index is 0. The number of halogens is 2. The van der Waals surface area contributed by atoms with Gasteiger partial charge in [-0.05, 0) is 59.8 Å². The average molecular weight is 561 g/mol. The van der Waals surface area contributed by atoms with Gasteiger partial charge in [0.15, 0.2) is 5.96 Å². The molecule has 1 unspecified atom stereocenters. The topological polar surface area (TPSA) is 57.5 Å². The van der Waals surface area contributed by atoms with Crippen LogP contribution in [0.3, 0.4) is 0 Å². The van der Waals surface area contributed by atoms with Crippen molar-refractivity contribution in [2.45, 2.75) is 32.2 Å². The van der Waals surface area contributed by atoms with E-state index in [9.17, 15) is 0 Å². The molecule has 0 aliphatic carbocycles. The zero-order valence-electron chi connectivity index (χ0n) is 16.6. The number of aliphatic imine (C=N–C) groups is 1. The van der Waals surface area contributed by atoms with Gasteiger partial charge in [-0.3, -0.25) is 9.67 Å². The van der Waals surface area contributed by atoms with E-state index in [1.54, 1.807) is 0 Å². The van der Waals surface area contributed by atoms with E-state index in [1.807, 2.05) is 17.9 Å². The molecule has 0 bridgehead atoms. The largest absolute Gasteiger partial charge is 0.368 e. The van der Waals surface area contributed by atoms with E-state index < -0.39 is 0 Å². The third-order valence-corrected chi connectivity index (χ3v) is 5.39. The predicted octanol–water partition coefficient (Wildman–Crippen LogP) is 3.57. The van der Waals surface area contributed by atoms with E-state index in [4.69, 9.17) is 4.99 Å². The maximum absolute atomic E-state index is 4.75. The second-order valence-corrected chi connectivity index (χ2v) is 7.77. The molecule has 1 fully saturated rings. The van der Waals surface area contributed by atoms with Crippen molar-refractivity contribution in [2.75, 3.05) is 31.1 Å². The fraction of sp³-hybridized carbons (Fsp3) is 0.500. The van der Waals surface area contributed by atoms with E-state index in [2.05, 4.69) is 73.9 Å². The fourth-order valence-corrected chi connectivity index (χ4v) is 3.93. The number of aromatic nitrogens is 2. The van der Waals surface area contributed by atoms with Gasteiger partial charge in [0, 0.05) is 49.9 Å². The molecule has 154 valence electrons. The number of para-hydroxylation sites is 1. The Kier molecular flexibility index (Phi) is 9.57. The quantitative estimate of drug-likeness (QED) is 0.235. The molecule has 8 heteroatoms. The average Bonchev–Trinajstić information content (AvgIpc) is 3.28. The van der Waals surface area contributed by atoms with Crippen LogP contribution < -0.4 is 15.5 Å². The second kappa shape index (κ2) is 11.6. The number of guanidine groups is 1. The van der Waals surface area contributed by atoms with E-state index in [0.29, 0.717) is 6.04 Å². The molecule has 28 heavy (non-hydrogen) atoms. The zero-order valence-corrected chi connectivity index (χ0v) is 20.5. The Morgan fingerprint density at radius 1 is 1.36 bits per heavy atom. The van der Waals surface area contributed by atoms with Gasteiger partial charge in [0.25, 0.3) is 0 Å². The van der Waals surface area contributed by atoms with Gasteiger partial charge >= 0.3 is 0 Å². The SMILES string of the molecule is CCNC(=NCCCc1cnn(C)c1)NC1CCN(c2ccccc2Br)C1.I. The van der Waals surface area contributed by atoms with Crippen LogP contribution >= 0.6 is 39.9 Å². The van der Waals surface area contributed by atoms with Gasteiger partial charge in [0.2, 0.25) is 0 Å². The van der Waals surface area contributed by atoms with Crippen molar-refractivity contribution >= 4 is 51.6 Å². The Morgan fingerprint density at radius 3 is 2.89 bits per heavy atom. The van der Waals surface area contributed by atoms with Crippen molar-refractivity contribution in [3.05, 3.63) is 46.7 Å². The number of nitrogens with zero attached hydrogens (tertiary/aromatic N) is 4. The number of rotatable bonds is 7. The Balaban J connectivity index is 0.00000280. The van der Waals surface area contributed by atoms with E-state index in [0.717, 1.165) is 55.9 Å². The van der Waals surface area contributed by atoms with Gasteiger partial charge in [-0.25, -0.2) is 0 Å². The fourth-order valence-electron chi connectivity index (χ4n) is 3.39. The van der Waals surface area contributed by atoms with Gasteiger partial charge in [-0.1, -0.05) is 12.1 Å².